The molecule has 5 nitrogen and oxygen atoms in total. The Morgan fingerprint density at radius 3 is 2.74 bits per heavy atom. The molecule has 0 N–H and O–H groups in total. The molecule has 0 amide bonds. The second-order valence-corrected chi connectivity index (χ2v) is 7.69. The van der Waals surface area contributed by atoms with E-state index in [0.717, 1.165) is 35.4 Å². The zero-order valence-electron chi connectivity index (χ0n) is 12.6. The van der Waals surface area contributed by atoms with Gasteiger partial charge in [0.25, 0.3) is 0 Å². The van der Waals surface area contributed by atoms with E-state index >= 15 is 0 Å². The van der Waals surface area contributed by atoms with Gasteiger partial charge in [0, 0.05) is 23.9 Å². The SMILES string of the molecule is CS(=O)(=O)c1ccc2ncnc(N3CCc4ccccc43)c2c1. The van der Waals surface area contributed by atoms with Crippen LogP contribution < -0.4 is 4.90 Å². The predicted molar refractivity (Wildman–Crippen MR) is 89.8 cm³/mol. The highest BCUT2D eigenvalue weighted by atomic mass is 32.2. The molecule has 0 spiro atoms. The van der Waals surface area contributed by atoms with Gasteiger partial charge in [-0.1, -0.05) is 18.2 Å². The van der Waals surface area contributed by atoms with E-state index in [1.165, 1.54) is 18.1 Å². The van der Waals surface area contributed by atoms with Gasteiger partial charge in [-0.3, -0.25) is 0 Å². The second kappa shape index (κ2) is 5.03. The molecule has 0 unspecified atom stereocenters. The van der Waals surface area contributed by atoms with Gasteiger partial charge in [0.2, 0.25) is 0 Å². The van der Waals surface area contributed by atoms with Gasteiger partial charge < -0.3 is 4.90 Å². The first-order chi connectivity index (χ1) is 11.0. The molecule has 0 saturated carbocycles. The third-order valence-corrected chi connectivity index (χ3v) is 5.27. The highest BCUT2D eigenvalue weighted by molar-refractivity contribution is 7.90. The first kappa shape index (κ1) is 14.1. The van der Waals surface area contributed by atoms with Crippen molar-refractivity contribution in [2.45, 2.75) is 11.3 Å². The summed E-state index contributed by atoms with van der Waals surface area (Å²) < 4.78 is 23.7. The monoisotopic (exact) mass is 325 g/mol. The Hall–Kier alpha value is -2.47. The minimum atomic E-state index is -3.27. The van der Waals surface area contributed by atoms with E-state index in [1.807, 2.05) is 12.1 Å². The Labute approximate surface area is 134 Å². The first-order valence-corrected chi connectivity index (χ1v) is 9.23. The average molecular weight is 325 g/mol. The normalized spacial score (nSPS) is 14.2. The number of hydrogen-bond donors (Lipinski definition) is 0. The van der Waals surface area contributed by atoms with Crippen molar-refractivity contribution in [1.29, 1.82) is 0 Å². The van der Waals surface area contributed by atoms with Gasteiger partial charge in [-0.15, -0.1) is 0 Å². The number of anilines is 2. The molecular weight excluding hydrogens is 310 g/mol. The van der Waals surface area contributed by atoms with Crippen molar-refractivity contribution < 1.29 is 8.42 Å². The minimum absolute atomic E-state index is 0.286. The summed E-state index contributed by atoms with van der Waals surface area (Å²) in [6.45, 7) is 0.828. The fourth-order valence-corrected chi connectivity index (χ4v) is 3.67. The van der Waals surface area contributed by atoms with Crippen LogP contribution in [0.5, 0.6) is 0 Å². The molecule has 0 atom stereocenters. The summed E-state index contributed by atoms with van der Waals surface area (Å²) in [5, 5.41) is 0.757. The van der Waals surface area contributed by atoms with Gasteiger partial charge >= 0.3 is 0 Å². The zero-order chi connectivity index (χ0) is 16.0. The Kier molecular flexibility index (Phi) is 3.09. The molecule has 1 aromatic heterocycles. The van der Waals surface area contributed by atoms with Crippen LogP contribution in [0.2, 0.25) is 0 Å². The zero-order valence-corrected chi connectivity index (χ0v) is 13.4. The Morgan fingerprint density at radius 1 is 1.09 bits per heavy atom. The lowest BCUT2D eigenvalue weighted by atomic mass is 10.2. The lowest BCUT2D eigenvalue weighted by Gasteiger charge is -2.20. The maximum atomic E-state index is 11.9. The van der Waals surface area contributed by atoms with Crippen molar-refractivity contribution >= 4 is 32.2 Å². The summed E-state index contributed by atoms with van der Waals surface area (Å²) in [6.07, 6.45) is 3.69. The first-order valence-electron chi connectivity index (χ1n) is 7.34. The van der Waals surface area contributed by atoms with E-state index in [-0.39, 0.29) is 4.90 Å². The van der Waals surface area contributed by atoms with Crippen molar-refractivity contribution in [1.82, 2.24) is 9.97 Å². The quantitative estimate of drug-likeness (QED) is 0.725. The number of nitrogens with zero attached hydrogens (tertiary/aromatic N) is 3. The highest BCUT2D eigenvalue weighted by Gasteiger charge is 2.23. The van der Waals surface area contributed by atoms with Crippen LogP contribution in [0.1, 0.15) is 5.56 Å². The lowest BCUT2D eigenvalue weighted by Crippen LogP contribution is -2.15. The second-order valence-electron chi connectivity index (χ2n) is 5.68. The molecule has 2 aromatic carbocycles. The summed E-state index contributed by atoms with van der Waals surface area (Å²) in [5.41, 5.74) is 3.14. The average Bonchev–Trinajstić information content (AvgIpc) is 2.97. The Morgan fingerprint density at radius 2 is 1.91 bits per heavy atom. The third kappa shape index (κ3) is 2.35. The van der Waals surface area contributed by atoms with Gasteiger partial charge in [0.1, 0.15) is 12.1 Å². The van der Waals surface area contributed by atoms with Crippen LogP contribution in [-0.2, 0) is 16.3 Å². The number of aromatic nitrogens is 2. The fraction of sp³-hybridized carbons (Fsp3) is 0.176. The molecule has 3 aromatic rings. The van der Waals surface area contributed by atoms with Crippen LogP contribution in [0.25, 0.3) is 10.9 Å². The maximum Gasteiger partial charge on any atom is 0.175 e. The van der Waals surface area contributed by atoms with E-state index in [1.54, 1.807) is 18.2 Å². The molecule has 0 fully saturated rings. The molecule has 0 saturated heterocycles. The van der Waals surface area contributed by atoms with Crippen molar-refractivity contribution in [3.05, 3.63) is 54.4 Å². The van der Waals surface area contributed by atoms with Crippen molar-refractivity contribution in [2.75, 3.05) is 17.7 Å². The molecule has 1 aliphatic rings. The number of para-hydroxylation sites is 1. The van der Waals surface area contributed by atoms with Crippen molar-refractivity contribution in [2.24, 2.45) is 0 Å². The van der Waals surface area contributed by atoms with Gasteiger partial charge in [0.15, 0.2) is 9.84 Å². The number of rotatable bonds is 2. The molecule has 6 heteroatoms. The number of benzene rings is 2. The van der Waals surface area contributed by atoms with Crippen LogP contribution >= 0.6 is 0 Å². The predicted octanol–water partition coefficient (Wildman–Crippen LogP) is 2.73. The molecule has 0 aliphatic carbocycles. The fourth-order valence-electron chi connectivity index (χ4n) is 3.03. The highest BCUT2D eigenvalue weighted by Crippen LogP contribution is 2.36. The number of fused-ring (bicyclic) bond motifs is 2. The van der Waals surface area contributed by atoms with Crippen LogP contribution in [0.15, 0.2) is 53.7 Å². The third-order valence-electron chi connectivity index (χ3n) is 4.16. The van der Waals surface area contributed by atoms with Crippen LogP contribution in [-0.4, -0.2) is 31.2 Å². The van der Waals surface area contributed by atoms with Gasteiger partial charge in [0.05, 0.1) is 10.4 Å². The summed E-state index contributed by atoms with van der Waals surface area (Å²) in [6, 6.07) is 13.2. The molecular formula is C17H15N3O2S. The molecule has 2 heterocycles. The molecule has 0 bridgehead atoms. The molecule has 1 aliphatic heterocycles. The largest absolute Gasteiger partial charge is 0.325 e. The lowest BCUT2D eigenvalue weighted by molar-refractivity contribution is 0.602. The van der Waals surface area contributed by atoms with E-state index in [9.17, 15) is 8.42 Å². The summed E-state index contributed by atoms with van der Waals surface area (Å²) in [7, 11) is -3.27. The Balaban J connectivity index is 1.94. The molecule has 0 radical (unpaired) electrons. The van der Waals surface area contributed by atoms with Crippen LogP contribution in [0.3, 0.4) is 0 Å². The smallest absolute Gasteiger partial charge is 0.175 e. The van der Waals surface area contributed by atoms with E-state index in [4.69, 9.17) is 0 Å². The Bertz CT molecular complexity index is 1020. The molecule has 4 rings (SSSR count). The molecule has 23 heavy (non-hydrogen) atoms. The maximum absolute atomic E-state index is 11.9. The van der Waals surface area contributed by atoms with Crippen molar-refractivity contribution in [3.63, 3.8) is 0 Å². The van der Waals surface area contributed by atoms with Gasteiger partial charge in [-0.25, -0.2) is 18.4 Å². The standard InChI is InChI=1S/C17H15N3O2S/c1-23(21,22)13-6-7-15-14(10-13)17(19-11-18-15)20-9-8-12-4-2-3-5-16(12)20/h2-7,10-11H,8-9H2,1H3. The van der Waals surface area contributed by atoms with E-state index in [2.05, 4.69) is 27.0 Å². The van der Waals surface area contributed by atoms with Crippen LogP contribution in [0.4, 0.5) is 11.5 Å². The molecule has 116 valence electrons. The van der Waals surface area contributed by atoms with Crippen LogP contribution in [0, 0.1) is 0 Å². The van der Waals surface area contributed by atoms with Gasteiger partial charge in [-0.2, -0.15) is 0 Å². The van der Waals surface area contributed by atoms with Crippen molar-refractivity contribution in [3.8, 4) is 0 Å². The van der Waals surface area contributed by atoms with E-state index < -0.39 is 9.84 Å². The number of hydrogen-bond acceptors (Lipinski definition) is 5. The number of sulfone groups is 1. The topological polar surface area (TPSA) is 63.2 Å². The van der Waals surface area contributed by atoms with E-state index in [0.29, 0.717) is 0 Å². The van der Waals surface area contributed by atoms with Gasteiger partial charge in [-0.05, 0) is 36.2 Å². The summed E-state index contributed by atoms with van der Waals surface area (Å²) in [5.74, 6) is 0.755. The summed E-state index contributed by atoms with van der Waals surface area (Å²) >= 11 is 0. The summed E-state index contributed by atoms with van der Waals surface area (Å²) in [4.78, 5) is 11.1. The minimum Gasteiger partial charge on any atom is -0.325 e.